The van der Waals surface area contributed by atoms with Crippen molar-refractivity contribution in [2.24, 2.45) is 0 Å². The van der Waals surface area contributed by atoms with Crippen LogP contribution in [0.1, 0.15) is 43.5 Å². The third-order valence-corrected chi connectivity index (χ3v) is 3.87. The summed E-state index contributed by atoms with van der Waals surface area (Å²) in [5.41, 5.74) is 0.615. The van der Waals surface area contributed by atoms with Crippen LogP contribution in [0, 0.1) is 0 Å². The monoisotopic (exact) mass is 298 g/mol. The van der Waals surface area contributed by atoms with Gasteiger partial charge in [0.15, 0.2) is 0 Å². The van der Waals surface area contributed by atoms with Gasteiger partial charge in [-0.25, -0.2) is 4.79 Å². The van der Waals surface area contributed by atoms with Crippen molar-refractivity contribution in [1.29, 1.82) is 0 Å². The van der Waals surface area contributed by atoms with Crippen molar-refractivity contribution < 1.29 is 9.53 Å². The minimum atomic E-state index is -0.234. The minimum Gasteiger partial charge on any atom is -0.458 e. The van der Waals surface area contributed by atoms with Gasteiger partial charge in [-0.1, -0.05) is 54.4 Å². The Morgan fingerprint density at radius 2 is 1.94 bits per heavy atom. The molecule has 1 aromatic rings. The van der Waals surface area contributed by atoms with E-state index in [1.807, 2.05) is 18.2 Å². The molecule has 2 atom stereocenters. The van der Waals surface area contributed by atoms with E-state index in [1.54, 1.807) is 12.1 Å². The third kappa shape index (κ3) is 4.50. The summed E-state index contributed by atoms with van der Waals surface area (Å²) in [4.78, 5) is 12.1. The Bertz CT molecular complexity index is 337. The van der Waals surface area contributed by atoms with Crippen molar-refractivity contribution in [1.82, 2.24) is 0 Å². The molecule has 0 radical (unpaired) electrons. The fourth-order valence-electron chi connectivity index (χ4n) is 1.64. The summed E-state index contributed by atoms with van der Waals surface area (Å²) in [6, 6.07) is 9.13. The molecule has 2 nitrogen and oxygen atoms in total. The fourth-order valence-corrected chi connectivity index (χ4v) is 2.01. The number of alkyl halides is 1. The smallest absolute Gasteiger partial charge is 0.338 e. The molecule has 0 heterocycles. The van der Waals surface area contributed by atoms with E-state index in [0.29, 0.717) is 5.56 Å². The lowest BCUT2D eigenvalue weighted by atomic mass is 10.1. The summed E-state index contributed by atoms with van der Waals surface area (Å²) in [5, 5.41) is 0. The first-order valence-electron chi connectivity index (χ1n) is 6.09. The fraction of sp³-hybridized carbons (Fsp3) is 0.500. The molecule has 1 aromatic carbocycles. The molecule has 0 aliphatic heterocycles. The molecule has 0 N–H and O–H groups in total. The zero-order valence-electron chi connectivity index (χ0n) is 10.4. The molecule has 3 heteroatoms. The summed E-state index contributed by atoms with van der Waals surface area (Å²) in [6.45, 7) is 4.18. The van der Waals surface area contributed by atoms with E-state index >= 15 is 0 Å². The van der Waals surface area contributed by atoms with Crippen LogP contribution in [0.3, 0.4) is 0 Å². The summed E-state index contributed by atoms with van der Waals surface area (Å²) in [6.07, 6.45) is 2.81. The Morgan fingerprint density at radius 1 is 1.29 bits per heavy atom. The number of carbonyl (C=O) groups excluding carboxylic acids is 1. The molecule has 0 amide bonds. The van der Waals surface area contributed by atoms with Crippen molar-refractivity contribution in [3.05, 3.63) is 35.9 Å². The number of hydrogen-bond acceptors (Lipinski definition) is 2. The van der Waals surface area contributed by atoms with E-state index in [1.165, 1.54) is 0 Å². The van der Waals surface area contributed by atoms with E-state index < -0.39 is 0 Å². The van der Waals surface area contributed by atoms with Gasteiger partial charge in [0.05, 0.1) is 10.4 Å². The average molecular weight is 299 g/mol. The van der Waals surface area contributed by atoms with Gasteiger partial charge in [0, 0.05) is 0 Å². The number of ether oxygens (including phenoxy) is 1. The van der Waals surface area contributed by atoms with E-state index in [9.17, 15) is 4.79 Å². The summed E-state index contributed by atoms with van der Waals surface area (Å²) < 4.78 is 5.54. The first-order chi connectivity index (χ1) is 8.19. The van der Waals surface area contributed by atoms with E-state index in [2.05, 4.69) is 29.8 Å². The second-order valence-corrected chi connectivity index (χ2v) is 5.20. The maximum Gasteiger partial charge on any atom is 0.338 e. The highest BCUT2D eigenvalue weighted by Gasteiger charge is 2.21. The summed E-state index contributed by atoms with van der Waals surface area (Å²) in [7, 11) is 0. The number of carbonyl (C=O) groups is 1. The molecule has 0 aliphatic carbocycles. The molecular weight excluding hydrogens is 280 g/mol. The average Bonchev–Trinajstić information content (AvgIpc) is 2.38. The van der Waals surface area contributed by atoms with Crippen LogP contribution >= 0.6 is 15.9 Å². The summed E-state index contributed by atoms with van der Waals surface area (Å²) in [5.74, 6) is -0.234. The van der Waals surface area contributed by atoms with Gasteiger partial charge in [0.25, 0.3) is 0 Å². The predicted molar refractivity (Wildman–Crippen MR) is 73.6 cm³/mol. The zero-order valence-corrected chi connectivity index (χ0v) is 11.9. The lowest BCUT2D eigenvalue weighted by molar-refractivity contribution is 0.0277. The van der Waals surface area contributed by atoms with Crippen LogP contribution in [0.15, 0.2) is 30.3 Å². The highest BCUT2D eigenvalue weighted by Crippen LogP contribution is 2.19. The van der Waals surface area contributed by atoms with Gasteiger partial charge < -0.3 is 4.74 Å². The van der Waals surface area contributed by atoms with Crippen molar-refractivity contribution >= 4 is 21.9 Å². The van der Waals surface area contributed by atoms with E-state index in [4.69, 9.17) is 4.74 Å². The molecular formula is C14H19BrO2. The highest BCUT2D eigenvalue weighted by molar-refractivity contribution is 9.09. The van der Waals surface area contributed by atoms with Gasteiger partial charge in [0.2, 0.25) is 0 Å². The van der Waals surface area contributed by atoms with Gasteiger partial charge in [-0.2, -0.15) is 0 Å². The van der Waals surface area contributed by atoms with Crippen LogP contribution < -0.4 is 0 Å². The van der Waals surface area contributed by atoms with Crippen LogP contribution in [0.25, 0.3) is 0 Å². The van der Waals surface area contributed by atoms with Crippen molar-refractivity contribution in [3.63, 3.8) is 0 Å². The van der Waals surface area contributed by atoms with Crippen LogP contribution in [-0.4, -0.2) is 16.9 Å². The number of benzene rings is 1. The molecule has 0 fully saturated rings. The lowest BCUT2D eigenvalue weighted by Gasteiger charge is -2.21. The van der Waals surface area contributed by atoms with Gasteiger partial charge in [0.1, 0.15) is 6.10 Å². The molecule has 17 heavy (non-hydrogen) atoms. The topological polar surface area (TPSA) is 26.3 Å². The zero-order chi connectivity index (χ0) is 12.7. The normalized spacial score (nSPS) is 14.1. The van der Waals surface area contributed by atoms with Crippen LogP contribution in [0.4, 0.5) is 0 Å². The molecule has 94 valence electrons. The third-order valence-electron chi connectivity index (χ3n) is 2.63. The molecule has 0 bridgehead atoms. The van der Waals surface area contributed by atoms with Crippen LogP contribution in [-0.2, 0) is 4.74 Å². The van der Waals surface area contributed by atoms with Crippen LogP contribution in [0.5, 0.6) is 0 Å². The molecule has 0 saturated heterocycles. The molecule has 1 rings (SSSR count). The van der Waals surface area contributed by atoms with Gasteiger partial charge >= 0.3 is 5.97 Å². The van der Waals surface area contributed by atoms with Crippen molar-refractivity contribution in [2.45, 2.75) is 44.0 Å². The quantitative estimate of drug-likeness (QED) is 0.581. The molecule has 0 saturated carbocycles. The Labute approximate surface area is 111 Å². The minimum absolute atomic E-state index is 0.0438. The Hall–Kier alpha value is -0.830. The highest BCUT2D eigenvalue weighted by atomic mass is 79.9. The SMILES string of the molecule is CCCC(OC(=O)c1ccccc1)C(Br)CC. The number of rotatable bonds is 6. The van der Waals surface area contributed by atoms with E-state index in [-0.39, 0.29) is 16.9 Å². The maximum atomic E-state index is 11.9. The van der Waals surface area contributed by atoms with Crippen molar-refractivity contribution in [2.75, 3.05) is 0 Å². The first kappa shape index (κ1) is 14.2. The Kier molecular flexibility index (Phi) is 6.27. The molecule has 0 aliphatic rings. The van der Waals surface area contributed by atoms with E-state index in [0.717, 1.165) is 19.3 Å². The second kappa shape index (κ2) is 7.49. The maximum absolute atomic E-state index is 11.9. The first-order valence-corrected chi connectivity index (χ1v) is 7.00. The van der Waals surface area contributed by atoms with Crippen LogP contribution in [0.2, 0.25) is 0 Å². The number of esters is 1. The summed E-state index contributed by atoms with van der Waals surface area (Å²) >= 11 is 3.57. The van der Waals surface area contributed by atoms with Gasteiger partial charge in [-0.15, -0.1) is 0 Å². The largest absolute Gasteiger partial charge is 0.458 e. The Morgan fingerprint density at radius 3 is 2.47 bits per heavy atom. The molecule has 0 aromatic heterocycles. The Balaban J connectivity index is 2.64. The predicted octanol–water partition coefficient (Wildman–Crippen LogP) is 4.19. The number of hydrogen-bond donors (Lipinski definition) is 0. The van der Waals surface area contributed by atoms with Gasteiger partial charge in [-0.3, -0.25) is 0 Å². The lowest BCUT2D eigenvalue weighted by Crippen LogP contribution is -2.26. The second-order valence-electron chi connectivity index (χ2n) is 4.02. The number of halogens is 1. The standard InChI is InChI=1S/C14H19BrO2/c1-3-8-13(12(15)4-2)17-14(16)11-9-6-5-7-10-11/h5-7,9-10,12-13H,3-4,8H2,1-2H3. The molecule has 2 unspecified atom stereocenters. The molecule has 0 spiro atoms. The van der Waals surface area contributed by atoms with Gasteiger partial charge in [-0.05, 0) is 25.0 Å². The van der Waals surface area contributed by atoms with Crippen molar-refractivity contribution in [3.8, 4) is 0 Å².